The summed E-state index contributed by atoms with van der Waals surface area (Å²) in [5.41, 5.74) is 1.10. The van der Waals surface area contributed by atoms with E-state index in [9.17, 15) is 4.79 Å². The maximum Gasteiger partial charge on any atom is 0.412 e. The van der Waals surface area contributed by atoms with Gasteiger partial charge < -0.3 is 9.47 Å². The third-order valence-electron chi connectivity index (χ3n) is 4.72. The molecule has 2 unspecified atom stereocenters. The first-order valence-corrected chi connectivity index (χ1v) is 8.37. The van der Waals surface area contributed by atoms with Gasteiger partial charge in [0.05, 0.1) is 6.54 Å². The summed E-state index contributed by atoms with van der Waals surface area (Å²) in [4.78, 5) is 13.7. The van der Waals surface area contributed by atoms with Crippen molar-refractivity contribution in [2.24, 2.45) is 5.92 Å². The fourth-order valence-electron chi connectivity index (χ4n) is 3.46. The summed E-state index contributed by atoms with van der Waals surface area (Å²) in [6.07, 6.45) is 5.70. The van der Waals surface area contributed by atoms with Crippen LogP contribution in [0.2, 0.25) is 0 Å². The molecule has 0 radical (unpaired) electrons. The quantitative estimate of drug-likeness (QED) is 0.798. The first-order chi connectivity index (χ1) is 10.7. The highest BCUT2D eigenvalue weighted by atomic mass is 16.6. The maximum absolute atomic E-state index is 12.0. The van der Waals surface area contributed by atoms with Crippen LogP contribution in [0, 0.1) is 5.92 Å². The maximum atomic E-state index is 12.0. The molecule has 1 aliphatic heterocycles. The van der Waals surface area contributed by atoms with E-state index < -0.39 is 0 Å². The predicted octanol–water partition coefficient (Wildman–Crippen LogP) is 3.95. The van der Waals surface area contributed by atoms with Crippen LogP contribution in [0.4, 0.5) is 4.79 Å². The van der Waals surface area contributed by atoms with Gasteiger partial charge in [0.15, 0.2) is 6.23 Å². The summed E-state index contributed by atoms with van der Waals surface area (Å²) in [6.45, 7) is 3.16. The highest BCUT2D eigenvalue weighted by Crippen LogP contribution is 2.28. The lowest BCUT2D eigenvalue weighted by molar-refractivity contribution is -0.0527. The molecule has 2 fully saturated rings. The van der Waals surface area contributed by atoms with Crippen molar-refractivity contribution in [1.29, 1.82) is 0 Å². The average molecular weight is 303 g/mol. The number of hydrogen-bond acceptors (Lipinski definition) is 3. The van der Waals surface area contributed by atoms with Crippen LogP contribution in [0.15, 0.2) is 30.3 Å². The minimum atomic E-state index is -0.276. The molecule has 0 N–H and O–H groups in total. The topological polar surface area (TPSA) is 38.8 Å². The molecule has 1 aromatic rings. The highest BCUT2D eigenvalue weighted by Gasteiger charge is 2.39. The summed E-state index contributed by atoms with van der Waals surface area (Å²) in [5.74, 6) is 0.802. The molecule has 1 saturated heterocycles. The van der Waals surface area contributed by atoms with Crippen molar-refractivity contribution in [2.45, 2.75) is 57.9 Å². The number of benzene rings is 1. The first-order valence-electron chi connectivity index (χ1n) is 8.37. The lowest BCUT2D eigenvalue weighted by Crippen LogP contribution is -2.38. The van der Waals surface area contributed by atoms with Crippen LogP contribution in [0.1, 0.15) is 44.6 Å². The normalized spacial score (nSPS) is 25.7. The van der Waals surface area contributed by atoms with Gasteiger partial charge in [-0.2, -0.15) is 0 Å². The van der Waals surface area contributed by atoms with Crippen LogP contribution >= 0.6 is 0 Å². The van der Waals surface area contributed by atoms with Gasteiger partial charge in [-0.1, -0.05) is 56.0 Å². The minimum Gasteiger partial charge on any atom is -0.442 e. The van der Waals surface area contributed by atoms with E-state index in [1.165, 1.54) is 25.7 Å². The predicted molar refractivity (Wildman–Crippen MR) is 84.2 cm³/mol. The molecule has 0 aromatic heterocycles. The number of cyclic esters (lactones) is 1. The van der Waals surface area contributed by atoms with Crippen LogP contribution in [0.3, 0.4) is 0 Å². The second kappa shape index (κ2) is 7.14. The van der Waals surface area contributed by atoms with Crippen LogP contribution in [0.5, 0.6) is 0 Å². The molecule has 1 aromatic carbocycles. The summed E-state index contributed by atoms with van der Waals surface area (Å²) in [6, 6.07) is 9.98. The van der Waals surface area contributed by atoms with Crippen molar-refractivity contribution >= 4 is 6.09 Å². The molecular formula is C18H25NO3. The van der Waals surface area contributed by atoms with Crippen molar-refractivity contribution in [1.82, 2.24) is 4.90 Å². The van der Waals surface area contributed by atoms with E-state index in [2.05, 4.69) is 0 Å². The van der Waals surface area contributed by atoms with Gasteiger partial charge in [0.1, 0.15) is 6.10 Å². The van der Waals surface area contributed by atoms with E-state index >= 15 is 0 Å². The molecule has 120 valence electrons. The zero-order valence-corrected chi connectivity index (χ0v) is 13.2. The summed E-state index contributed by atoms with van der Waals surface area (Å²) < 4.78 is 11.4. The average Bonchev–Trinajstić information content (AvgIpc) is 3.12. The van der Waals surface area contributed by atoms with Gasteiger partial charge in [0.25, 0.3) is 0 Å². The van der Waals surface area contributed by atoms with Crippen LogP contribution < -0.4 is 0 Å². The fourth-order valence-corrected chi connectivity index (χ4v) is 3.46. The zero-order chi connectivity index (χ0) is 15.4. The van der Waals surface area contributed by atoms with E-state index in [0.717, 1.165) is 17.9 Å². The number of ether oxygens (including phenoxy) is 2. The number of hydrogen-bond donors (Lipinski definition) is 0. The van der Waals surface area contributed by atoms with Crippen molar-refractivity contribution < 1.29 is 14.3 Å². The molecule has 22 heavy (non-hydrogen) atoms. The van der Waals surface area contributed by atoms with Gasteiger partial charge in [-0.25, -0.2) is 4.79 Å². The fraction of sp³-hybridized carbons (Fsp3) is 0.611. The molecule has 4 nitrogen and oxygen atoms in total. The van der Waals surface area contributed by atoms with E-state index in [1.54, 1.807) is 4.90 Å². The molecule has 3 rings (SSSR count). The molecule has 0 bridgehead atoms. The molecule has 0 spiro atoms. The largest absolute Gasteiger partial charge is 0.442 e. The monoisotopic (exact) mass is 303 g/mol. The Bertz CT molecular complexity index is 484. The Labute approximate surface area is 132 Å². The highest BCUT2D eigenvalue weighted by molar-refractivity contribution is 5.70. The lowest BCUT2D eigenvalue weighted by Gasteiger charge is -2.24. The molecule has 2 atom stereocenters. The molecule has 2 aliphatic rings. The van der Waals surface area contributed by atoms with Crippen LogP contribution in [-0.4, -0.2) is 29.9 Å². The number of amides is 1. The second-order valence-electron chi connectivity index (χ2n) is 6.40. The van der Waals surface area contributed by atoms with Gasteiger partial charge in [-0.05, 0) is 24.8 Å². The molecule has 4 heteroatoms. The van der Waals surface area contributed by atoms with E-state index in [-0.39, 0.29) is 18.4 Å². The molecule has 1 saturated carbocycles. The molecule has 1 heterocycles. The minimum absolute atomic E-state index is 0.209. The SMILES string of the molecule is CC1OC(=O)N(Cc2ccccc2)C1OCCC1CCCC1. The summed E-state index contributed by atoms with van der Waals surface area (Å²) in [5, 5.41) is 0. The Morgan fingerprint density at radius 2 is 1.95 bits per heavy atom. The summed E-state index contributed by atoms with van der Waals surface area (Å²) in [7, 11) is 0. The Morgan fingerprint density at radius 1 is 1.23 bits per heavy atom. The Balaban J connectivity index is 1.56. The second-order valence-corrected chi connectivity index (χ2v) is 6.40. The third-order valence-corrected chi connectivity index (χ3v) is 4.72. The summed E-state index contributed by atoms with van der Waals surface area (Å²) >= 11 is 0. The number of carbonyl (C=O) groups excluding carboxylic acids is 1. The van der Waals surface area contributed by atoms with Gasteiger partial charge in [0, 0.05) is 6.61 Å². The van der Waals surface area contributed by atoms with Gasteiger partial charge in [-0.15, -0.1) is 0 Å². The van der Waals surface area contributed by atoms with E-state index in [1.807, 2.05) is 37.3 Å². The van der Waals surface area contributed by atoms with Crippen LogP contribution in [0.25, 0.3) is 0 Å². The number of nitrogens with zero attached hydrogens (tertiary/aromatic N) is 1. The Kier molecular flexibility index (Phi) is 4.98. The van der Waals surface area contributed by atoms with Crippen molar-refractivity contribution in [2.75, 3.05) is 6.61 Å². The van der Waals surface area contributed by atoms with Crippen molar-refractivity contribution in [3.05, 3.63) is 35.9 Å². The Hall–Kier alpha value is -1.55. The van der Waals surface area contributed by atoms with Gasteiger partial charge >= 0.3 is 6.09 Å². The van der Waals surface area contributed by atoms with Crippen LogP contribution in [-0.2, 0) is 16.0 Å². The number of carbonyl (C=O) groups is 1. The lowest BCUT2D eigenvalue weighted by atomic mass is 10.1. The van der Waals surface area contributed by atoms with Gasteiger partial charge in [0.2, 0.25) is 0 Å². The van der Waals surface area contributed by atoms with E-state index in [0.29, 0.717) is 13.2 Å². The van der Waals surface area contributed by atoms with Gasteiger partial charge in [-0.3, -0.25) is 4.90 Å². The smallest absolute Gasteiger partial charge is 0.412 e. The Morgan fingerprint density at radius 3 is 2.68 bits per heavy atom. The molecule has 1 amide bonds. The molecule has 1 aliphatic carbocycles. The first kappa shape index (κ1) is 15.3. The third kappa shape index (κ3) is 3.61. The van der Waals surface area contributed by atoms with Crippen molar-refractivity contribution in [3.63, 3.8) is 0 Å². The zero-order valence-electron chi connectivity index (χ0n) is 13.2. The standard InChI is InChI=1S/C18H25NO3/c1-14-17(21-12-11-15-7-5-6-8-15)19(18(20)22-14)13-16-9-3-2-4-10-16/h2-4,9-10,14-15,17H,5-8,11-13H2,1H3. The number of rotatable bonds is 6. The van der Waals surface area contributed by atoms with E-state index in [4.69, 9.17) is 9.47 Å². The van der Waals surface area contributed by atoms with Crippen molar-refractivity contribution in [3.8, 4) is 0 Å². The molecular weight excluding hydrogens is 278 g/mol.